The Bertz CT molecular complexity index is 271. The maximum absolute atomic E-state index is 5.68. The Labute approximate surface area is 85.8 Å². The van der Waals surface area contributed by atoms with Gasteiger partial charge in [0.1, 0.15) is 5.82 Å². The molecule has 0 saturated heterocycles. The maximum Gasteiger partial charge on any atom is 0.128 e. The Morgan fingerprint density at radius 2 is 2.21 bits per heavy atom. The molecule has 0 aromatic carbocycles. The smallest absolute Gasteiger partial charge is 0.128 e. The lowest BCUT2D eigenvalue weighted by Crippen LogP contribution is -2.16. The SMILES string of the molecule is CCCc1ccnc(CCC(C)N)n1. The minimum atomic E-state index is 0.230. The summed E-state index contributed by atoms with van der Waals surface area (Å²) < 4.78 is 0. The molecule has 78 valence electrons. The fourth-order valence-electron chi connectivity index (χ4n) is 1.31. The van der Waals surface area contributed by atoms with E-state index in [-0.39, 0.29) is 6.04 Å². The van der Waals surface area contributed by atoms with Gasteiger partial charge in [-0.25, -0.2) is 9.97 Å². The van der Waals surface area contributed by atoms with Crippen molar-refractivity contribution < 1.29 is 0 Å². The first-order chi connectivity index (χ1) is 6.72. The minimum Gasteiger partial charge on any atom is -0.328 e. The summed E-state index contributed by atoms with van der Waals surface area (Å²) in [5, 5.41) is 0. The number of nitrogens with zero attached hydrogens (tertiary/aromatic N) is 2. The van der Waals surface area contributed by atoms with Gasteiger partial charge in [-0.2, -0.15) is 0 Å². The van der Waals surface area contributed by atoms with Crippen molar-refractivity contribution in [1.82, 2.24) is 9.97 Å². The molecule has 0 amide bonds. The van der Waals surface area contributed by atoms with Gasteiger partial charge in [-0.3, -0.25) is 0 Å². The second kappa shape index (κ2) is 5.70. The summed E-state index contributed by atoms with van der Waals surface area (Å²) in [7, 11) is 0. The van der Waals surface area contributed by atoms with E-state index in [1.807, 2.05) is 19.2 Å². The Kier molecular flexibility index (Phi) is 4.53. The van der Waals surface area contributed by atoms with Crippen LogP contribution in [0.15, 0.2) is 12.3 Å². The molecule has 0 aliphatic rings. The van der Waals surface area contributed by atoms with Crippen LogP contribution in [0.25, 0.3) is 0 Å². The monoisotopic (exact) mass is 193 g/mol. The zero-order valence-corrected chi connectivity index (χ0v) is 9.03. The van der Waals surface area contributed by atoms with Crippen LogP contribution in [0.3, 0.4) is 0 Å². The summed E-state index contributed by atoms with van der Waals surface area (Å²) >= 11 is 0. The van der Waals surface area contributed by atoms with Gasteiger partial charge < -0.3 is 5.73 Å². The zero-order chi connectivity index (χ0) is 10.4. The van der Waals surface area contributed by atoms with Crippen molar-refractivity contribution in [2.75, 3.05) is 0 Å². The van der Waals surface area contributed by atoms with Crippen LogP contribution in [0.1, 0.15) is 38.2 Å². The second-order valence-corrected chi connectivity index (χ2v) is 3.73. The molecule has 1 rings (SSSR count). The third-order valence-corrected chi connectivity index (χ3v) is 2.09. The summed E-state index contributed by atoms with van der Waals surface area (Å²) in [6, 6.07) is 2.22. The van der Waals surface area contributed by atoms with E-state index in [0.717, 1.165) is 37.2 Å². The molecule has 3 nitrogen and oxygen atoms in total. The first-order valence-electron chi connectivity index (χ1n) is 5.28. The van der Waals surface area contributed by atoms with Gasteiger partial charge in [0.15, 0.2) is 0 Å². The van der Waals surface area contributed by atoms with Crippen LogP contribution < -0.4 is 5.73 Å². The van der Waals surface area contributed by atoms with E-state index >= 15 is 0 Å². The van der Waals surface area contributed by atoms with Crippen molar-refractivity contribution in [3.8, 4) is 0 Å². The van der Waals surface area contributed by atoms with Gasteiger partial charge in [-0.1, -0.05) is 13.3 Å². The average molecular weight is 193 g/mol. The second-order valence-electron chi connectivity index (χ2n) is 3.73. The summed E-state index contributed by atoms with van der Waals surface area (Å²) in [4.78, 5) is 8.69. The molecule has 0 fully saturated rings. The van der Waals surface area contributed by atoms with Gasteiger partial charge in [0.05, 0.1) is 0 Å². The Balaban J connectivity index is 2.54. The quantitative estimate of drug-likeness (QED) is 0.774. The van der Waals surface area contributed by atoms with Crippen molar-refractivity contribution in [3.63, 3.8) is 0 Å². The van der Waals surface area contributed by atoms with E-state index in [2.05, 4.69) is 16.9 Å². The average Bonchev–Trinajstić information content (AvgIpc) is 2.16. The summed E-state index contributed by atoms with van der Waals surface area (Å²) in [5.41, 5.74) is 6.82. The lowest BCUT2D eigenvalue weighted by Gasteiger charge is -2.04. The van der Waals surface area contributed by atoms with E-state index in [1.54, 1.807) is 0 Å². The first kappa shape index (κ1) is 11.1. The number of nitrogens with two attached hydrogens (primary N) is 1. The molecule has 1 aromatic heterocycles. The van der Waals surface area contributed by atoms with E-state index in [0.29, 0.717) is 0 Å². The van der Waals surface area contributed by atoms with E-state index in [4.69, 9.17) is 5.73 Å². The molecule has 14 heavy (non-hydrogen) atoms. The molecule has 1 atom stereocenters. The highest BCUT2D eigenvalue weighted by molar-refractivity contribution is 5.02. The number of aromatic nitrogens is 2. The molecule has 0 radical (unpaired) electrons. The molecule has 0 aliphatic heterocycles. The van der Waals surface area contributed by atoms with Crippen LogP contribution in [0.2, 0.25) is 0 Å². The van der Waals surface area contributed by atoms with Gasteiger partial charge in [-0.05, 0) is 25.8 Å². The van der Waals surface area contributed by atoms with Crippen LogP contribution >= 0.6 is 0 Å². The predicted molar refractivity (Wildman–Crippen MR) is 58.0 cm³/mol. The largest absolute Gasteiger partial charge is 0.328 e. The van der Waals surface area contributed by atoms with E-state index in [9.17, 15) is 0 Å². The normalized spacial score (nSPS) is 12.8. The Hall–Kier alpha value is -0.960. The lowest BCUT2D eigenvalue weighted by molar-refractivity contribution is 0.644. The molecule has 1 unspecified atom stereocenters. The molecule has 0 bridgehead atoms. The topological polar surface area (TPSA) is 51.8 Å². The van der Waals surface area contributed by atoms with Crippen molar-refractivity contribution >= 4 is 0 Å². The number of aryl methyl sites for hydroxylation is 2. The Morgan fingerprint density at radius 3 is 2.86 bits per heavy atom. The third-order valence-electron chi connectivity index (χ3n) is 2.09. The highest BCUT2D eigenvalue weighted by atomic mass is 14.9. The van der Waals surface area contributed by atoms with Crippen molar-refractivity contribution in [3.05, 3.63) is 23.8 Å². The predicted octanol–water partition coefficient (Wildman–Crippen LogP) is 1.71. The minimum absolute atomic E-state index is 0.230. The molecule has 3 heteroatoms. The van der Waals surface area contributed by atoms with Gasteiger partial charge in [0.2, 0.25) is 0 Å². The lowest BCUT2D eigenvalue weighted by atomic mass is 10.2. The summed E-state index contributed by atoms with van der Waals surface area (Å²) in [6.45, 7) is 4.17. The Morgan fingerprint density at radius 1 is 1.43 bits per heavy atom. The molecule has 0 spiro atoms. The van der Waals surface area contributed by atoms with E-state index < -0.39 is 0 Å². The molecule has 1 aromatic rings. The molecule has 0 saturated carbocycles. The molecule has 1 heterocycles. The molecular formula is C11H19N3. The first-order valence-corrected chi connectivity index (χ1v) is 5.28. The van der Waals surface area contributed by atoms with Crippen LogP contribution in [0, 0.1) is 0 Å². The van der Waals surface area contributed by atoms with Crippen LogP contribution in [-0.4, -0.2) is 16.0 Å². The van der Waals surface area contributed by atoms with Crippen LogP contribution in [-0.2, 0) is 12.8 Å². The number of hydrogen-bond donors (Lipinski definition) is 1. The number of hydrogen-bond acceptors (Lipinski definition) is 3. The zero-order valence-electron chi connectivity index (χ0n) is 9.03. The molecule has 0 aliphatic carbocycles. The van der Waals surface area contributed by atoms with Gasteiger partial charge in [0, 0.05) is 24.4 Å². The van der Waals surface area contributed by atoms with Gasteiger partial charge >= 0.3 is 0 Å². The van der Waals surface area contributed by atoms with Crippen LogP contribution in [0.5, 0.6) is 0 Å². The standard InChI is InChI=1S/C11H19N3/c1-3-4-10-7-8-13-11(14-10)6-5-9(2)12/h7-9H,3-6,12H2,1-2H3. The highest BCUT2D eigenvalue weighted by Gasteiger charge is 2.00. The fourth-order valence-corrected chi connectivity index (χ4v) is 1.31. The van der Waals surface area contributed by atoms with Crippen molar-refractivity contribution in [2.24, 2.45) is 5.73 Å². The third kappa shape index (κ3) is 3.83. The van der Waals surface area contributed by atoms with Gasteiger partial charge in [-0.15, -0.1) is 0 Å². The van der Waals surface area contributed by atoms with Crippen molar-refractivity contribution in [1.29, 1.82) is 0 Å². The molecule has 2 N–H and O–H groups in total. The highest BCUT2D eigenvalue weighted by Crippen LogP contribution is 2.02. The fraction of sp³-hybridized carbons (Fsp3) is 0.636. The van der Waals surface area contributed by atoms with E-state index in [1.165, 1.54) is 0 Å². The van der Waals surface area contributed by atoms with Crippen molar-refractivity contribution in [2.45, 2.75) is 45.6 Å². The number of rotatable bonds is 5. The maximum atomic E-state index is 5.68. The summed E-state index contributed by atoms with van der Waals surface area (Å²) in [5.74, 6) is 0.924. The molecular weight excluding hydrogens is 174 g/mol. The van der Waals surface area contributed by atoms with Gasteiger partial charge in [0.25, 0.3) is 0 Å². The van der Waals surface area contributed by atoms with Crippen LogP contribution in [0.4, 0.5) is 0 Å². The summed E-state index contributed by atoms with van der Waals surface area (Å²) in [6.07, 6.45) is 5.84.